The molecule has 0 saturated carbocycles. The van der Waals surface area contributed by atoms with Crippen LogP contribution < -0.4 is 16.0 Å². The van der Waals surface area contributed by atoms with Crippen molar-refractivity contribution in [2.75, 3.05) is 36.5 Å². The smallest absolute Gasteiger partial charge is 0.265 e. The van der Waals surface area contributed by atoms with Gasteiger partial charge in [0.2, 0.25) is 0 Å². The highest BCUT2D eigenvalue weighted by molar-refractivity contribution is 7.99. The number of nitrogens with one attached hydrogen (secondary N) is 1. The number of amides is 1. The number of thioether (sulfide) groups is 1. The maximum Gasteiger partial charge on any atom is 0.265 e. The van der Waals surface area contributed by atoms with Gasteiger partial charge in [-0.05, 0) is 19.1 Å². The fourth-order valence-electron chi connectivity index (χ4n) is 2.28. The molecule has 0 bridgehead atoms. The predicted molar refractivity (Wildman–Crippen MR) is 92.5 cm³/mol. The number of anilines is 2. The molecule has 1 amide bonds. The fourth-order valence-corrected chi connectivity index (χ4v) is 3.48. The molecule has 1 saturated heterocycles. The minimum Gasteiger partial charge on any atom is -0.382 e. The number of rotatable bonds is 5. The van der Waals surface area contributed by atoms with E-state index in [0.29, 0.717) is 22.5 Å². The van der Waals surface area contributed by atoms with Gasteiger partial charge in [-0.1, -0.05) is 31.1 Å². The van der Waals surface area contributed by atoms with Crippen molar-refractivity contribution in [3.05, 3.63) is 4.88 Å². The summed E-state index contributed by atoms with van der Waals surface area (Å²) in [7, 11) is 0. The maximum absolute atomic E-state index is 12.2. The molecular weight excluding hydrogens is 304 g/mol. The van der Waals surface area contributed by atoms with Crippen LogP contribution in [0.2, 0.25) is 0 Å². The number of aromatic nitrogens is 1. The summed E-state index contributed by atoms with van der Waals surface area (Å²) < 4.78 is 0. The molecule has 7 heteroatoms. The molecule has 2 rings (SSSR count). The largest absolute Gasteiger partial charge is 0.382 e. The van der Waals surface area contributed by atoms with Crippen LogP contribution in [-0.2, 0) is 0 Å². The summed E-state index contributed by atoms with van der Waals surface area (Å²) in [5, 5.41) is 4.21. The number of nitrogens with zero attached hydrogens (tertiary/aromatic N) is 2. The summed E-state index contributed by atoms with van der Waals surface area (Å²) in [4.78, 5) is 19.4. The number of carbonyl (C=O) groups excluding carboxylic acids is 1. The van der Waals surface area contributed by atoms with Gasteiger partial charge in [0.1, 0.15) is 10.7 Å². The van der Waals surface area contributed by atoms with Gasteiger partial charge in [-0.3, -0.25) is 4.79 Å². The molecule has 2 heterocycles. The predicted octanol–water partition coefficient (Wildman–Crippen LogP) is 2.59. The minimum absolute atomic E-state index is 0.105. The fraction of sp³-hybridized carbons (Fsp3) is 0.714. The monoisotopic (exact) mass is 328 g/mol. The zero-order valence-corrected chi connectivity index (χ0v) is 14.4. The molecule has 1 atom stereocenters. The molecule has 3 N–H and O–H groups in total. The quantitative estimate of drug-likeness (QED) is 0.869. The molecule has 0 radical (unpaired) electrons. The highest BCUT2D eigenvalue weighted by Gasteiger charge is 2.20. The topological polar surface area (TPSA) is 71.2 Å². The van der Waals surface area contributed by atoms with Crippen molar-refractivity contribution < 1.29 is 4.79 Å². The van der Waals surface area contributed by atoms with Crippen molar-refractivity contribution in [2.24, 2.45) is 0 Å². The molecule has 1 aromatic heterocycles. The van der Waals surface area contributed by atoms with Gasteiger partial charge in [0, 0.05) is 24.9 Å². The van der Waals surface area contributed by atoms with Gasteiger partial charge in [0.15, 0.2) is 5.13 Å². The van der Waals surface area contributed by atoms with Gasteiger partial charge in [-0.2, -0.15) is 11.8 Å². The van der Waals surface area contributed by atoms with E-state index in [0.717, 1.165) is 18.2 Å². The molecule has 1 aromatic rings. The van der Waals surface area contributed by atoms with Gasteiger partial charge in [-0.25, -0.2) is 4.98 Å². The summed E-state index contributed by atoms with van der Waals surface area (Å²) >= 11 is 3.14. The molecule has 0 aliphatic carbocycles. The van der Waals surface area contributed by atoms with Gasteiger partial charge in [-0.15, -0.1) is 0 Å². The molecule has 21 heavy (non-hydrogen) atoms. The van der Waals surface area contributed by atoms with Gasteiger partial charge in [0.25, 0.3) is 5.91 Å². The second-order valence-corrected chi connectivity index (χ2v) is 7.62. The van der Waals surface area contributed by atoms with Gasteiger partial charge < -0.3 is 16.0 Å². The van der Waals surface area contributed by atoms with Crippen molar-refractivity contribution in [2.45, 2.75) is 37.9 Å². The number of hydrogen-bond donors (Lipinski definition) is 2. The Morgan fingerprint density at radius 3 is 2.71 bits per heavy atom. The van der Waals surface area contributed by atoms with Crippen molar-refractivity contribution in [3.8, 4) is 0 Å². The van der Waals surface area contributed by atoms with Crippen LogP contribution >= 0.6 is 23.1 Å². The third kappa shape index (κ3) is 4.51. The highest BCUT2D eigenvalue weighted by Crippen LogP contribution is 2.29. The van der Waals surface area contributed by atoms with Crippen molar-refractivity contribution in [3.63, 3.8) is 0 Å². The van der Waals surface area contributed by atoms with Gasteiger partial charge in [0.05, 0.1) is 0 Å². The Morgan fingerprint density at radius 2 is 2.10 bits per heavy atom. The number of nitrogens with two attached hydrogens (primary N) is 1. The van der Waals surface area contributed by atoms with E-state index in [-0.39, 0.29) is 5.91 Å². The van der Waals surface area contributed by atoms with Crippen molar-refractivity contribution in [1.29, 1.82) is 0 Å². The molecule has 0 spiro atoms. The molecule has 5 nitrogen and oxygen atoms in total. The normalized spacial score (nSPS) is 17.3. The lowest BCUT2D eigenvalue weighted by Gasteiger charge is -2.18. The first-order valence-corrected chi connectivity index (χ1v) is 9.54. The van der Waals surface area contributed by atoms with E-state index in [4.69, 9.17) is 5.73 Å². The van der Waals surface area contributed by atoms with Crippen LogP contribution in [0.3, 0.4) is 0 Å². The Kier molecular flexibility index (Phi) is 6.17. The summed E-state index contributed by atoms with van der Waals surface area (Å²) in [5.41, 5.74) is 5.93. The summed E-state index contributed by atoms with van der Waals surface area (Å²) in [6, 6.07) is 0. The van der Waals surface area contributed by atoms with E-state index in [2.05, 4.69) is 22.1 Å². The first-order chi connectivity index (χ1) is 10.1. The lowest BCUT2D eigenvalue weighted by molar-refractivity contribution is 0.0959. The summed E-state index contributed by atoms with van der Waals surface area (Å²) in [6.45, 7) is 4.76. The van der Waals surface area contributed by atoms with Crippen LogP contribution in [0.5, 0.6) is 0 Å². The van der Waals surface area contributed by atoms with Crippen molar-refractivity contribution >= 4 is 40.0 Å². The third-order valence-electron chi connectivity index (χ3n) is 3.68. The highest BCUT2D eigenvalue weighted by atomic mass is 32.2. The SMILES string of the molecule is CSC(C)CNC(=O)c1sc(N2CCCCCC2)nc1N. The number of carbonyl (C=O) groups is 1. The van der Waals surface area contributed by atoms with Gasteiger partial charge >= 0.3 is 0 Å². The molecular formula is C14H24N4OS2. The van der Waals surface area contributed by atoms with Crippen LogP contribution in [0, 0.1) is 0 Å². The Hall–Kier alpha value is -0.950. The molecule has 118 valence electrons. The second-order valence-electron chi connectivity index (χ2n) is 5.37. The molecule has 1 aliphatic rings. The second kappa shape index (κ2) is 7.89. The first kappa shape index (κ1) is 16.4. The van der Waals surface area contributed by atoms with Crippen LogP contribution in [0.4, 0.5) is 10.9 Å². The summed E-state index contributed by atoms with van der Waals surface area (Å²) in [6.07, 6.45) is 6.96. The lowest BCUT2D eigenvalue weighted by atomic mass is 10.2. The minimum atomic E-state index is -0.105. The zero-order valence-electron chi connectivity index (χ0n) is 12.7. The average Bonchev–Trinajstić information content (AvgIpc) is 2.70. The van der Waals surface area contributed by atoms with Crippen molar-refractivity contribution in [1.82, 2.24) is 10.3 Å². The number of hydrogen-bond acceptors (Lipinski definition) is 6. The Morgan fingerprint density at radius 1 is 1.43 bits per heavy atom. The molecule has 1 aliphatic heterocycles. The van der Waals surface area contributed by atoms with E-state index < -0.39 is 0 Å². The van der Waals surface area contributed by atoms with E-state index >= 15 is 0 Å². The third-order valence-corrected chi connectivity index (χ3v) is 5.78. The average molecular weight is 329 g/mol. The van der Waals surface area contributed by atoms with E-state index in [9.17, 15) is 4.79 Å². The van der Waals surface area contributed by atoms with Crippen LogP contribution in [0.25, 0.3) is 0 Å². The van der Waals surface area contributed by atoms with E-state index in [1.165, 1.54) is 37.0 Å². The Labute approximate surface area is 134 Å². The number of nitrogen functional groups attached to an aromatic ring is 1. The number of thiazole rings is 1. The van der Waals surface area contributed by atoms with Crippen LogP contribution in [0.1, 0.15) is 42.3 Å². The Balaban J connectivity index is 2.02. The lowest BCUT2D eigenvalue weighted by Crippen LogP contribution is -2.29. The van der Waals surface area contributed by atoms with E-state index in [1.54, 1.807) is 11.8 Å². The molecule has 1 unspecified atom stereocenters. The molecule has 0 aromatic carbocycles. The summed E-state index contributed by atoms with van der Waals surface area (Å²) in [5.74, 6) is 0.250. The van der Waals surface area contributed by atoms with E-state index in [1.807, 2.05) is 6.26 Å². The maximum atomic E-state index is 12.2. The zero-order chi connectivity index (χ0) is 15.2. The Bertz CT molecular complexity index is 470. The standard InChI is InChI=1S/C14H24N4OS2/c1-10(20-2)9-16-13(19)11-12(15)17-14(21-11)18-7-5-3-4-6-8-18/h10H,3-9,15H2,1-2H3,(H,16,19). The van der Waals surface area contributed by atoms with Crippen LogP contribution in [0.15, 0.2) is 0 Å². The molecule has 1 fully saturated rings. The van der Waals surface area contributed by atoms with Crippen LogP contribution in [-0.4, -0.2) is 42.0 Å². The first-order valence-electron chi connectivity index (χ1n) is 7.44.